The Bertz CT molecular complexity index is 1760. The lowest BCUT2D eigenvalue weighted by atomic mass is 10.1. The van der Waals surface area contributed by atoms with Crippen LogP contribution >= 0.6 is 43.5 Å². The first-order valence-corrected chi connectivity index (χ1v) is 14.1. The summed E-state index contributed by atoms with van der Waals surface area (Å²) < 4.78 is 11.8. The maximum atomic E-state index is 12.8. The average molecular weight is 731 g/mol. The van der Waals surface area contributed by atoms with Crippen molar-refractivity contribution in [1.29, 1.82) is 0 Å². The minimum atomic E-state index is -0.758. The molecular formula is C29H19Br2ClN4O7. The Balaban J connectivity index is 1.47. The summed E-state index contributed by atoms with van der Waals surface area (Å²) in [6, 6.07) is 19.0. The second kappa shape index (κ2) is 14.1. The topological polar surface area (TPSA) is 149 Å². The predicted octanol–water partition coefficient (Wildman–Crippen LogP) is 7.02. The van der Waals surface area contributed by atoms with Gasteiger partial charge in [-0.15, -0.1) is 0 Å². The first kappa shape index (κ1) is 31.3. The highest BCUT2D eigenvalue weighted by Gasteiger charge is 2.17. The van der Waals surface area contributed by atoms with E-state index in [4.69, 9.17) is 21.1 Å². The molecule has 0 aliphatic rings. The number of esters is 1. The number of benzene rings is 4. The summed E-state index contributed by atoms with van der Waals surface area (Å²) in [7, 11) is 1.43. The summed E-state index contributed by atoms with van der Waals surface area (Å²) in [6.45, 7) is 0. The Labute approximate surface area is 266 Å². The third kappa shape index (κ3) is 8.03. The molecule has 0 aliphatic carbocycles. The van der Waals surface area contributed by atoms with Crippen LogP contribution in [-0.4, -0.2) is 36.0 Å². The van der Waals surface area contributed by atoms with Crippen LogP contribution < -0.4 is 20.2 Å². The number of anilines is 1. The fourth-order valence-electron chi connectivity index (χ4n) is 3.67. The summed E-state index contributed by atoms with van der Waals surface area (Å²) in [5.41, 5.74) is 3.42. The number of nitro benzene ring substituents is 1. The molecule has 0 saturated heterocycles. The first-order chi connectivity index (χ1) is 20.5. The van der Waals surface area contributed by atoms with Crippen LogP contribution in [0, 0.1) is 10.1 Å². The van der Waals surface area contributed by atoms with Crippen LogP contribution in [0.3, 0.4) is 0 Å². The molecule has 0 aliphatic heterocycles. The van der Waals surface area contributed by atoms with E-state index in [0.29, 0.717) is 31.0 Å². The molecule has 0 unspecified atom stereocenters. The van der Waals surface area contributed by atoms with E-state index in [1.165, 1.54) is 55.8 Å². The number of nitrogens with one attached hydrogen (secondary N) is 2. The summed E-state index contributed by atoms with van der Waals surface area (Å²) in [6.07, 6.45) is 1.28. The second-order valence-electron chi connectivity index (χ2n) is 8.58. The van der Waals surface area contributed by atoms with Crippen molar-refractivity contribution in [3.05, 3.63) is 125 Å². The third-order valence-electron chi connectivity index (χ3n) is 5.70. The Morgan fingerprint density at radius 1 is 0.953 bits per heavy atom. The van der Waals surface area contributed by atoms with Crippen LogP contribution in [0.15, 0.2) is 92.9 Å². The number of hydrogen-bond acceptors (Lipinski definition) is 8. The van der Waals surface area contributed by atoms with Gasteiger partial charge in [-0.3, -0.25) is 19.7 Å². The fraction of sp³-hybridized carbons (Fsp3) is 0.0345. The molecule has 2 amide bonds. The number of rotatable bonds is 9. The summed E-state index contributed by atoms with van der Waals surface area (Å²) >= 11 is 12.7. The Morgan fingerprint density at radius 2 is 1.70 bits per heavy atom. The van der Waals surface area contributed by atoms with Gasteiger partial charge in [-0.05, 0) is 76.6 Å². The van der Waals surface area contributed by atoms with Crippen LogP contribution in [-0.2, 0) is 0 Å². The Kier molecular flexibility index (Phi) is 10.2. The third-order valence-corrected chi connectivity index (χ3v) is 6.99. The SMILES string of the molecule is COc1ccc(Cl)cc1C(=O)Nc1cccc(C(=O)NN=Cc2cc(Br)cc(Br)c2OC(=O)c2ccc([N+](=O)[O-])cc2)c1. The van der Waals surface area contributed by atoms with Gasteiger partial charge in [0.15, 0.2) is 5.75 Å². The zero-order valence-electron chi connectivity index (χ0n) is 22.0. The molecule has 0 fully saturated rings. The zero-order chi connectivity index (χ0) is 31.1. The molecular weight excluding hydrogens is 712 g/mol. The van der Waals surface area contributed by atoms with E-state index in [9.17, 15) is 24.5 Å². The minimum Gasteiger partial charge on any atom is -0.496 e. The number of carbonyl (C=O) groups is 3. The number of nitro groups is 1. The quantitative estimate of drug-likeness (QED) is 0.0618. The largest absolute Gasteiger partial charge is 0.496 e. The van der Waals surface area contributed by atoms with E-state index in [-0.39, 0.29) is 28.1 Å². The van der Waals surface area contributed by atoms with Gasteiger partial charge >= 0.3 is 5.97 Å². The standard InChI is InChI=1S/C29H19Br2ClN4O7/c1-42-25-10-7-20(32)14-23(25)28(38)34-21-4-2-3-17(12-21)27(37)35-33-15-18-11-19(30)13-24(31)26(18)43-29(39)16-5-8-22(9-6-16)36(40)41/h2-15H,1H3,(H,34,38)(H,35,37). The van der Waals surface area contributed by atoms with Gasteiger partial charge in [-0.2, -0.15) is 5.10 Å². The van der Waals surface area contributed by atoms with Crippen LogP contribution in [0.5, 0.6) is 11.5 Å². The Hall–Kier alpha value is -4.59. The van der Waals surface area contributed by atoms with E-state index < -0.39 is 22.7 Å². The predicted molar refractivity (Wildman–Crippen MR) is 167 cm³/mol. The van der Waals surface area contributed by atoms with Gasteiger partial charge in [0.05, 0.1) is 33.8 Å². The highest BCUT2D eigenvalue weighted by atomic mass is 79.9. The lowest BCUT2D eigenvalue weighted by Gasteiger charge is -2.11. The molecule has 4 rings (SSSR count). The van der Waals surface area contributed by atoms with E-state index in [2.05, 4.69) is 47.7 Å². The number of methoxy groups -OCH3 is 1. The van der Waals surface area contributed by atoms with Crippen LogP contribution in [0.4, 0.5) is 11.4 Å². The number of ether oxygens (including phenoxy) is 2. The highest BCUT2D eigenvalue weighted by molar-refractivity contribution is 9.11. The molecule has 14 heteroatoms. The van der Waals surface area contributed by atoms with Gasteiger partial charge in [-0.1, -0.05) is 33.6 Å². The van der Waals surface area contributed by atoms with E-state index in [1.54, 1.807) is 36.4 Å². The van der Waals surface area contributed by atoms with E-state index in [0.717, 1.165) is 0 Å². The molecule has 0 aromatic heterocycles. The Morgan fingerprint density at radius 3 is 2.40 bits per heavy atom. The van der Waals surface area contributed by atoms with Gasteiger partial charge < -0.3 is 14.8 Å². The molecule has 0 saturated carbocycles. The van der Waals surface area contributed by atoms with Crippen molar-refractivity contribution in [2.75, 3.05) is 12.4 Å². The summed E-state index contributed by atoms with van der Waals surface area (Å²) in [5.74, 6) is -1.38. The maximum Gasteiger partial charge on any atom is 0.343 e. The number of hydrazone groups is 1. The van der Waals surface area contributed by atoms with Crippen molar-refractivity contribution < 1.29 is 28.8 Å². The van der Waals surface area contributed by atoms with Gasteiger partial charge in [0, 0.05) is 38.4 Å². The first-order valence-electron chi connectivity index (χ1n) is 12.1. The molecule has 43 heavy (non-hydrogen) atoms. The van der Waals surface area contributed by atoms with Gasteiger partial charge in [-0.25, -0.2) is 10.2 Å². The minimum absolute atomic E-state index is 0.0948. The zero-order valence-corrected chi connectivity index (χ0v) is 25.9. The molecule has 2 N–H and O–H groups in total. The van der Waals surface area contributed by atoms with Crippen molar-refractivity contribution in [1.82, 2.24) is 5.43 Å². The van der Waals surface area contributed by atoms with Crippen LogP contribution in [0.1, 0.15) is 36.6 Å². The number of nitrogens with zero attached hydrogens (tertiary/aromatic N) is 2. The second-order valence-corrected chi connectivity index (χ2v) is 10.8. The fourth-order valence-corrected chi connectivity index (χ4v) is 5.19. The number of hydrogen-bond donors (Lipinski definition) is 2. The molecule has 218 valence electrons. The summed E-state index contributed by atoms with van der Waals surface area (Å²) in [4.78, 5) is 48.7. The number of non-ortho nitro benzene ring substituents is 1. The molecule has 0 radical (unpaired) electrons. The molecule has 0 heterocycles. The smallest absolute Gasteiger partial charge is 0.343 e. The molecule has 0 atom stereocenters. The van der Waals surface area contributed by atoms with Gasteiger partial charge in [0.2, 0.25) is 0 Å². The summed E-state index contributed by atoms with van der Waals surface area (Å²) in [5, 5.41) is 17.9. The molecule has 0 bridgehead atoms. The molecule has 4 aromatic carbocycles. The monoisotopic (exact) mass is 728 g/mol. The van der Waals surface area contributed by atoms with E-state index in [1.807, 2.05) is 0 Å². The van der Waals surface area contributed by atoms with Crippen molar-refractivity contribution in [3.8, 4) is 11.5 Å². The number of carbonyl (C=O) groups excluding carboxylic acids is 3. The average Bonchev–Trinajstić information content (AvgIpc) is 2.98. The van der Waals surface area contributed by atoms with Gasteiger partial charge in [0.1, 0.15) is 5.75 Å². The maximum absolute atomic E-state index is 12.8. The van der Waals surface area contributed by atoms with Gasteiger partial charge in [0.25, 0.3) is 17.5 Å². The van der Waals surface area contributed by atoms with Crippen molar-refractivity contribution in [3.63, 3.8) is 0 Å². The number of amides is 2. The van der Waals surface area contributed by atoms with Crippen molar-refractivity contribution >= 4 is 78.8 Å². The molecule has 0 spiro atoms. The normalized spacial score (nSPS) is 10.7. The van der Waals surface area contributed by atoms with E-state index >= 15 is 0 Å². The van der Waals surface area contributed by atoms with Crippen molar-refractivity contribution in [2.45, 2.75) is 0 Å². The highest BCUT2D eigenvalue weighted by Crippen LogP contribution is 2.33. The number of halogens is 3. The lowest BCUT2D eigenvalue weighted by Crippen LogP contribution is -2.19. The lowest BCUT2D eigenvalue weighted by molar-refractivity contribution is -0.384. The molecule has 11 nitrogen and oxygen atoms in total. The molecule has 4 aromatic rings. The van der Waals surface area contributed by atoms with Crippen molar-refractivity contribution in [2.24, 2.45) is 5.10 Å². The van der Waals surface area contributed by atoms with Crippen LogP contribution in [0.25, 0.3) is 0 Å². The van der Waals surface area contributed by atoms with Crippen LogP contribution in [0.2, 0.25) is 5.02 Å².